The molecule has 146 valence electrons. The van der Waals surface area contributed by atoms with Crippen molar-refractivity contribution >= 4 is 11.9 Å². The molecule has 1 unspecified atom stereocenters. The third-order valence-corrected chi connectivity index (χ3v) is 4.97. The zero-order valence-corrected chi connectivity index (χ0v) is 16.5. The van der Waals surface area contributed by atoms with Crippen LogP contribution in [0.4, 0.5) is 0 Å². The molecule has 1 fully saturated rings. The van der Waals surface area contributed by atoms with Crippen LogP contribution < -0.4 is 16.8 Å². The summed E-state index contributed by atoms with van der Waals surface area (Å²) >= 11 is 0. The Hall–Kier alpha value is -1.30. The Bertz CT molecular complexity index is 403. The van der Waals surface area contributed by atoms with Crippen molar-refractivity contribution in [2.75, 3.05) is 26.2 Å². The number of unbranched alkanes of at least 4 members (excludes halogenated alkanes) is 1. The topological polar surface area (TPSA) is 96.7 Å². The van der Waals surface area contributed by atoms with Gasteiger partial charge in [-0.1, -0.05) is 26.7 Å². The van der Waals surface area contributed by atoms with Gasteiger partial charge in [-0.25, -0.2) is 0 Å². The van der Waals surface area contributed by atoms with E-state index in [0.29, 0.717) is 12.0 Å². The van der Waals surface area contributed by atoms with Crippen molar-refractivity contribution in [3.63, 3.8) is 0 Å². The molecule has 1 amide bonds. The van der Waals surface area contributed by atoms with Crippen LogP contribution in [0.3, 0.4) is 0 Å². The summed E-state index contributed by atoms with van der Waals surface area (Å²) in [6.07, 6.45) is 7.58. The largest absolute Gasteiger partial charge is 0.370 e. The van der Waals surface area contributed by atoms with E-state index < -0.39 is 0 Å². The molecule has 1 atom stereocenters. The standard InChI is InChI=1S/C19H39N5O/c1-15(2)7-6-8-16(3)23-19(21)22-11-4-5-12-24-13-9-17(10-14-24)18(20)25/h15-17H,4-14H2,1-3H3,(H2,20,25)(H3,21,22,23). The molecule has 1 saturated heterocycles. The number of guanidine groups is 1. The van der Waals surface area contributed by atoms with Gasteiger partial charge in [0.2, 0.25) is 5.91 Å². The van der Waals surface area contributed by atoms with E-state index in [4.69, 9.17) is 11.5 Å². The number of amides is 1. The third-order valence-electron chi connectivity index (χ3n) is 4.97. The average Bonchev–Trinajstić information content (AvgIpc) is 2.54. The van der Waals surface area contributed by atoms with Crippen LogP contribution in [0.1, 0.15) is 65.7 Å². The average molecular weight is 354 g/mol. The summed E-state index contributed by atoms with van der Waals surface area (Å²) in [6.45, 7) is 10.5. The van der Waals surface area contributed by atoms with Gasteiger partial charge in [-0.15, -0.1) is 0 Å². The molecule has 1 rings (SSSR count). The normalized spacial score (nSPS) is 18.5. The highest BCUT2D eigenvalue weighted by Crippen LogP contribution is 2.16. The van der Waals surface area contributed by atoms with E-state index in [1.54, 1.807) is 0 Å². The SMILES string of the molecule is CC(C)CCCC(C)NC(N)=NCCCCN1CCC(C(N)=O)CC1. The van der Waals surface area contributed by atoms with Crippen LogP contribution in [0, 0.1) is 11.8 Å². The minimum Gasteiger partial charge on any atom is -0.370 e. The van der Waals surface area contributed by atoms with Gasteiger partial charge in [-0.2, -0.15) is 0 Å². The smallest absolute Gasteiger partial charge is 0.220 e. The molecule has 0 radical (unpaired) electrons. The van der Waals surface area contributed by atoms with E-state index in [2.05, 4.69) is 36.0 Å². The maximum absolute atomic E-state index is 11.2. The Labute approximate surface area is 153 Å². The van der Waals surface area contributed by atoms with Gasteiger partial charge in [-0.3, -0.25) is 9.79 Å². The van der Waals surface area contributed by atoms with Crippen molar-refractivity contribution in [2.45, 2.75) is 71.8 Å². The number of carbonyl (C=O) groups excluding carboxylic acids is 1. The highest BCUT2D eigenvalue weighted by molar-refractivity contribution is 5.78. The molecule has 0 spiro atoms. The molecule has 6 heteroatoms. The molecule has 0 saturated carbocycles. The Balaban J connectivity index is 2.06. The predicted molar refractivity (Wildman–Crippen MR) is 105 cm³/mol. The fourth-order valence-corrected chi connectivity index (χ4v) is 3.29. The second kappa shape index (κ2) is 12.1. The van der Waals surface area contributed by atoms with E-state index in [0.717, 1.165) is 64.2 Å². The summed E-state index contributed by atoms with van der Waals surface area (Å²) in [5.74, 6) is 1.27. The van der Waals surface area contributed by atoms with Gasteiger partial charge < -0.3 is 21.7 Å². The zero-order valence-electron chi connectivity index (χ0n) is 16.5. The van der Waals surface area contributed by atoms with Crippen LogP contribution in [-0.2, 0) is 4.79 Å². The van der Waals surface area contributed by atoms with E-state index in [9.17, 15) is 4.79 Å². The molecule has 25 heavy (non-hydrogen) atoms. The van der Waals surface area contributed by atoms with Crippen LogP contribution >= 0.6 is 0 Å². The van der Waals surface area contributed by atoms with Crippen molar-refractivity contribution in [1.29, 1.82) is 0 Å². The number of nitrogens with one attached hydrogen (secondary N) is 1. The molecule has 1 heterocycles. The Morgan fingerprint density at radius 1 is 1.12 bits per heavy atom. The lowest BCUT2D eigenvalue weighted by atomic mass is 9.96. The van der Waals surface area contributed by atoms with Crippen molar-refractivity contribution in [2.24, 2.45) is 28.3 Å². The van der Waals surface area contributed by atoms with Gasteiger partial charge in [-0.05, 0) is 64.6 Å². The van der Waals surface area contributed by atoms with Crippen molar-refractivity contribution in [1.82, 2.24) is 10.2 Å². The molecule has 0 aromatic carbocycles. The third kappa shape index (κ3) is 10.3. The number of carbonyl (C=O) groups is 1. The van der Waals surface area contributed by atoms with Crippen molar-refractivity contribution in [3.8, 4) is 0 Å². The van der Waals surface area contributed by atoms with Crippen LogP contribution in [-0.4, -0.2) is 49.0 Å². The number of piperidine rings is 1. The van der Waals surface area contributed by atoms with Crippen molar-refractivity contribution in [3.05, 3.63) is 0 Å². The molecule has 0 aliphatic carbocycles. The summed E-state index contributed by atoms with van der Waals surface area (Å²) in [5, 5.41) is 3.28. The Kier molecular flexibility index (Phi) is 10.5. The first-order valence-electron chi connectivity index (χ1n) is 9.96. The summed E-state index contributed by atoms with van der Waals surface area (Å²) < 4.78 is 0. The summed E-state index contributed by atoms with van der Waals surface area (Å²) in [4.78, 5) is 18.0. The molecule has 0 bridgehead atoms. The van der Waals surface area contributed by atoms with Gasteiger partial charge in [0.05, 0.1) is 0 Å². The number of rotatable bonds is 11. The fourth-order valence-electron chi connectivity index (χ4n) is 3.29. The summed E-state index contributed by atoms with van der Waals surface area (Å²) in [7, 11) is 0. The maximum atomic E-state index is 11.2. The first-order chi connectivity index (χ1) is 11.9. The summed E-state index contributed by atoms with van der Waals surface area (Å²) in [5.41, 5.74) is 11.3. The van der Waals surface area contributed by atoms with E-state index in [1.165, 1.54) is 12.8 Å². The molecule has 6 nitrogen and oxygen atoms in total. The minimum absolute atomic E-state index is 0.0780. The molecule has 0 aromatic heterocycles. The highest BCUT2D eigenvalue weighted by atomic mass is 16.1. The number of hydrogen-bond acceptors (Lipinski definition) is 3. The number of nitrogens with two attached hydrogens (primary N) is 2. The molecular formula is C19H39N5O. The second-order valence-electron chi connectivity index (χ2n) is 7.86. The van der Waals surface area contributed by atoms with Gasteiger partial charge in [0.1, 0.15) is 0 Å². The first-order valence-corrected chi connectivity index (χ1v) is 9.96. The van der Waals surface area contributed by atoms with Gasteiger partial charge >= 0.3 is 0 Å². The maximum Gasteiger partial charge on any atom is 0.220 e. The number of likely N-dealkylation sites (tertiary alicyclic amines) is 1. The quantitative estimate of drug-likeness (QED) is 0.301. The van der Waals surface area contributed by atoms with Gasteiger partial charge in [0.25, 0.3) is 0 Å². The second-order valence-corrected chi connectivity index (χ2v) is 7.86. The van der Waals surface area contributed by atoms with E-state index in [-0.39, 0.29) is 11.8 Å². The van der Waals surface area contributed by atoms with Gasteiger partial charge in [0.15, 0.2) is 5.96 Å². The van der Waals surface area contributed by atoms with E-state index >= 15 is 0 Å². The van der Waals surface area contributed by atoms with Crippen LogP contribution in [0.15, 0.2) is 4.99 Å². The Morgan fingerprint density at radius 3 is 2.40 bits per heavy atom. The van der Waals surface area contributed by atoms with E-state index in [1.807, 2.05) is 0 Å². The molecule has 1 aliphatic rings. The number of aliphatic imine (C=N–C) groups is 1. The lowest BCUT2D eigenvalue weighted by Crippen LogP contribution is -2.39. The minimum atomic E-state index is -0.143. The number of primary amides is 1. The van der Waals surface area contributed by atoms with Crippen LogP contribution in [0.25, 0.3) is 0 Å². The van der Waals surface area contributed by atoms with Crippen LogP contribution in [0.5, 0.6) is 0 Å². The zero-order chi connectivity index (χ0) is 18.7. The Morgan fingerprint density at radius 2 is 1.80 bits per heavy atom. The number of hydrogen-bond donors (Lipinski definition) is 3. The van der Waals surface area contributed by atoms with Gasteiger partial charge in [0, 0.05) is 18.5 Å². The molecule has 0 aromatic rings. The lowest BCUT2D eigenvalue weighted by molar-refractivity contribution is -0.123. The van der Waals surface area contributed by atoms with Crippen LogP contribution in [0.2, 0.25) is 0 Å². The van der Waals surface area contributed by atoms with Crippen molar-refractivity contribution < 1.29 is 4.79 Å². The summed E-state index contributed by atoms with van der Waals surface area (Å²) in [6, 6.07) is 0.383. The molecule has 1 aliphatic heterocycles. The molecular weight excluding hydrogens is 314 g/mol. The number of nitrogens with zero attached hydrogens (tertiary/aromatic N) is 2. The molecule has 5 N–H and O–H groups in total. The predicted octanol–water partition coefficient (Wildman–Crippen LogP) is 2.08. The monoisotopic (exact) mass is 353 g/mol. The highest BCUT2D eigenvalue weighted by Gasteiger charge is 2.22. The lowest BCUT2D eigenvalue weighted by Gasteiger charge is -2.30. The fraction of sp³-hybridized carbons (Fsp3) is 0.895. The first kappa shape index (κ1) is 21.7.